The van der Waals surface area contributed by atoms with Crippen LogP contribution in [0.3, 0.4) is 0 Å². The number of aryl methyl sites for hydroxylation is 2. The standard InChI is InChI=1S/C23H18N6O2/c1-14-12-19(15(2)31-14)23(30)25-18-5-3-4-17(13-18)20-6-7-21-26-27-22(29(21)28-20)16-8-10-24-11-9-16/h3-13H,1-2H3,(H,25,30). The number of benzene rings is 1. The molecule has 0 spiro atoms. The number of anilines is 1. The van der Waals surface area contributed by atoms with E-state index in [0.29, 0.717) is 34.2 Å². The largest absolute Gasteiger partial charge is 0.466 e. The number of carbonyl (C=O) groups excluding carboxylic acids is 1. The number of hydrogen-bond donors (Lipinski definition) is 1. The van der Waals surface area contributed by atoms with Gasteiger partial charge in [0.05, 0.1) is 11.3 Å². The molecule has 0 atom stereocenters. The zero-order chi connectivity index (χ0) is 21.4. The summed E-state index contributed by atoms with van der Waals surface area (Å²) in [6, 6.07) is 16.7. The van der Waals surface area contributed by atoms with E-state index in [-0.39, 0.29) is 5.91 Å². The normalized spacial score (nSPS) is 11.0. The Morgan fingerprint density at radius 2 is 1.81 bits per heavy atom. The summed E-state index contributed by atoms with van der Waals surface area (Å²) in [6.07, 6.45) is 3.41. The highest BCUT2D eigenvalue weighted by Gasteiger charge is 2.15. The number of nitrogens with one attached hydrogen (secondary N) is 1. The van der Waals surface area contributed by atoms with Crippen molar-refractivity contribution >= 4 is 17.2 Å². The number of rotatable bonds is 4. The summed E-state index contributed by atoms with van der Waals surface area (Å²) < 4.78 is 7.16. The molecule has 1 N–H and O–H groups in total. The maximum absolute atomic E-state index is 12.6. The van der Waals surface area contributed by atoms with E-state index in [1.165, 1.54) is 0 Å². The zero-order valence-corrected chi connectivity index (χ0v) is 16.9. The lowest BCUT2D eigenvalue weighted by atomic mass is 10.1. The highest BCUT2D eigenvalue weighted by Crippen LogP contribution is 2.24. The molecular formula is C23H18N6O2. The molecule has 0 radical (unpaired) electrons. The third kappa shape index (κ3) is 3.55. The molecule has 1 amide bonds. The van der Waals surface area contributed by atoms with Gasteiger partial charge in [0.2, 0.25) is 0 Å². The lowest BCUT2D eigenvalue weighted by Gasteiger charge is -2.08. The molecule has 4 aromatic heterocycles. The van der Waals surface area contributed by atoms with Crippen LogP contribution in [0.25, 0.3) is 28.3 Å². The molecule has 0 fully saturated rings. The SMILES string of the molecule is Cc1cc(C(=O)Nc2cccc(-c3ccc4nnc(-c5ccncc5)n4n3)c2)c(C)o1. The zero-order valence-electron chi connectivity index (χ0n) is 16.9. The summed E-state index contributed by atoms with van der Waals surface area (Å²) in [7, 11) is 0. The van der Waals surface area contributed by atoms with Crippen LogP contribution in [-0.4, -0.2) is 30.7 Å². The van der Waals surface area contributed by atoms with Crippen LogP contribution in [0.1, 0.15) is 21.9 Å². The molecule has 8 heteroatoms. The summed E-state index contributed by atoms with van der Waals surface area (Å²) in [5.41, 5.74) is 4.29. The summed E-state index contributed by atoms with van der Waals surface area (Å²) >= 11 is 0. The van der Waals surface area contributed by atoms with Gasteiger partial charge in [0, 0.05) is 29.2 Å². The van der Waals surface area contributed by atoms with Gasteiger partial charge in [-0.05, 0) is 56.3 Å². The van der Waals surface area contributed by atoms with E-state index in [2.05, 4.69) is 20.5 Å². The quantitative estimate of drug-likeness (QED) is 0.474. The van der Waals surface area contributed by atoms with Gasteiger partial charge in [0.25, 0.3) is 5.91 Å². The fourth-order valence-electron chi connectivity index (χ4n) is 3.43. The van der Waals surface area contributed by atoms with Crippen LogP contribution in [0.15, 0.2) is 71.4 Å². The summed E-state index contributed by atoms with van der Waals surface area (Å²) in [4.78, 5) is 16.7. The monoisotopic (exact) mass is 410 g/mol. The van der Waals surface area contributed by atoms with E-state index >= 15 is 0 Å². The summed E-state index contributed by atoms with van der Waals surface area (Å²) in [5, 5.41) is 16.1. The Morgan fingerprint density at radius 1 is 0.968 bits per heavy atom. The van der Waals surface area contributed by atoms with E-state index in [1.807, 2.05) is 55.5 Å². The van der Waals surface area contributed by atoms with Gasteiger partial charge >= 0.3 is 0 Å². The van der Waals surface area contributed by atoms with Crippen LogP contribution < -0.4 is 5.32 Å². The number of carbonyl (C=O) groups is 1. The number of amides is 1. The first-order valence-electron chi connectivity index (χ1n) is 9.70. The van der Waals surface area contributed by atoms with Crippen molar-refractivity contribution in [3.05, 3.63) is 84.1 Å². The minimum absolute atomic E-state index is 0.214. The van der Waals surface area contributed by atoms with E-state index in [4.69, 9.17) is 9.52 Å². The Kier molecular flexibility index (Phi) is 4.51. The van der Waals surface area contributed by atoms with Crippen LogP contribution in [0.4, 0.5) is 5.69 Å². The molecule has 1 aromatic carbocycles. The Balaban J connectivity index is 1.48. The number of furan rings is 1. The summed E-state index contributed by atoms with van der Waals surface area (Å²) in [5.74, 6) is 1.71. The lowest BCUT2D eigenvalue weighted by Crippen LogP contribution is -2.12. The van der Waals surface area contributed by atoms with Gasteiger partial charge in [-0.25, -0.2) is 0 Å². The first-order valence-corrected chi connectivity index (χ1v) is 9.70. The number of pyridine rings is 1. The van der Waals surface area contributed by atoms with Crippen molar-refractivity contribution in [2.24, 2.45) is 0 Å². The maximum atomic E-state index is 12.6. The number of nitrogens with zero attached hydrogens (tertiary/aromatic N) is 5. The molecule has 8 nitrogen and oxygen atoms in total. The highest BCUT2D eigenvalue weighted by molar-refractivity contribution is 6.05. The van der Waals surface area contributed by atoms with Gasteiger partial charge < -0.3 is 9.73 Å². The Morgan fingerprint density at radius 3 is 2.58 bits per heavy atom. The van der Waals surface area contributed by atoms with Gasteiger partial charge in [0.1, 0.15) is 11.5 Å². The average molecular weight is 410 g/mol. The van der Waals surface area contributed by atoms with Gasteiger partial charge in [-0.3, -0.25) is 9.78 Å². The minimum atomic E-state index is -0.214. The third-order valence-corrected chi connectivity index (χ3v) is 4.90. The number of aromatic nitrogens is 5. The lowest BCUT2D eigenvalue weighted by molar-refractivity contribution is 0.102. The van der Waals surface area contributed by atoms with Crippen LogP contribution in [0.5, 0.6) is 0 Å². The topological polar surface area (TPSA) is 98.2 Å². The number of fused-ring (bicyclic) bond motifs is 1. The average Bonchev–Trinajstić information content (AvgIpc) is 3.36. The van der Waals surface area contributed by atoms with E-state index < -0.39 is 0 Å². The van der Waals surface area contributed by atoms with E-state index in [1.54, 1.807) is 29.9 Å². The Hall–Kier alpha value is -4.33. The van der Waals surface area contributed by atoms with Crippen molar-refractivity contribution in [2.45, 2.75) is 13.8 Å². The molecule has 152 valence electrons. The third-order valence-electron chi connectivity index (χ3n) is 4.90. The fourth-order valence-corrected chi connectivity index (χ4v) is 3.43. The van der Waals surface area contributed by atoms with Gasteiger partial charge in [-0.2, -0.15) is 9.61 Å². The van der Waals surface area contributed by atoms with Crippen LogP contribution in [0.2, 0.25) is 0 Å². The van der Waals surface area contributed by atoms with Crippen LogP contribution in [-0.2, 0) is 0 Å². The molecular weight excluding hydrogens is 392 g/mol. The van der Waals surface area contributed by atoms with Crippen LogP contribution >= 0.6 is 0 Å². The number of hydrogen-bond acceptors (Lipinski definition) is 6. The van der Waals surface area contributed by atoms with Crippen molar-refractivity contribution in [1.29, 1.82) is 0 Å². The van der Waals surface area contributed by atoms with Crippen LogP contribution in [0, 0.1) is 13.8 Å². The predicted molar refractivity (Wildman–Crippen MR) is 116 cm³/mol. The molecule has 0 aliphatic heterocycles. The predicted octanol–water partition coefficient (Wildman–Crippen LogP) is 4.32. The molecule has 0 unspecified atom stereocenters. The molecule has 0 aliphatic carbocycles. The minimum Gasteiger partial charge on any atom is -0.466 e. The first kappa shape index (κ1) is 18.7. The van der Waals surface area contributed by atoms with Crippen molar-refractivity contribution in [3.8, 4) is 22.6 Å². The second-order valence-corrected chi connectivity index (χ2v) is 7.11. The molecule has 5 aromatic rings. The van der Waals surface area contributed by atoms with Crippen molar-refractivity contribution in [3.63, 3.8) is 0 Å². The first-order chi connectivity index (χ1) is 15.1. The second-order valence-electron chi connectivity index (χ2n) is 7.11. The Bertz CT molecular complexity index is 1400. The molecule has 31 heavy (non-hydrogen) atoms. The molecule has 4 heterocycles. The van der Waals surface area contributed by atoms with Gasteiger partial charge in [-0.15, -0.1) is 10.2 Å². The van der Waals surface area contributed by atoms with Gasteiger partial charge in [-0.1, -0.05) is 12.1 Å². The molecule has 0 saturated heterocycles. The highest BCUT2D eigenvalue weighted by atomic mass is 16.3. The smallest absolute Gasteiger partial charge is 0.259 e. The molecule has 0 aliphatic rings. The van der Waals surface area contributed by atoms with Crippen molar-refractivity contribution in [1.82, 2.24) is 24.8 Å². The fraction of sp³-hybridized carbons (Fsp3) is 0.0870. The van der Waals surface area contributed by atoms with Crippen molar-refractivity contribution < 1.29 is 9.21 Å². The molecule has 0 bridgehead atoms. The molecule has 0 saturated carbocycles. The second kappa shape index (κ2) is 7.49. The van der Waals surface area contributed by atoms with Gasteiger partial charge in [0.15, 0.2) is 11.5 Å². The Labute approximate surface area is 177 Å². The molecule has 5 rings (SSSR count). The summed E-state index contributed by atoms with van der Waals surface area (Å²) in [6.45, 7) is 3.59. The van der Waals surface area contributed by atoms with E-state index in [9.17, 15) is 4.79 Å². The van der Waals surface area contributed by atoms with Crippen molar-refractivity contribution in [2.75, 3.05) is 5.32 Å². The van der Waals surface area contributed by atoms with E-state index in [0.717, 1.165) is 16.8 Å². The maximum Gasteiger partial charge on any atom is 0.259 e.